The number of hydrogen-bond donors (Lipinski definition) is 1. The zero-order valence-corrected chi connectivity index (χ0v) is 16.6. The van der Waals surface area contributed by atoms with Crippen LogP contribution in [0.3, 0.4) is 0 Å². The molecule has 1 aliphatic heterocycles. The molecule has 1 aliphatic rings. The molecule has 0 aliphatic carbocycles. The van der Waals surface area contributed by atoms with E-state index in [2.05, 4.69) is 9.97 Å². The van der Waals surface area contributed by atoms with E-state index in [-0.39, 0.29) is 11.5 Å². The van der Waals surface area contributed by atoms with Crippen molar-refractivity contribution in [1.82, 2.24) is 14.9 Å². The Labute approximate surface area is 163 Å². The summed E-state index contributed by atoms with van der Waals surface area (Å²) in [5, 5.41) is 5.14. The Balaban J connectivity index is 1.51. The largest absolute Gasteiger partial charge is 0.342 e. The van der Waals surface area contributed by atoms with Crippen molar-refractivity contribution in [3.63, 3.8) is 0 Å². The number of nitrogens with one attached hydrogen (secondary N) is 1. The maximum atomic E-state index is 12.6. The zero-order chi connectivity index (χ0) is 17.9. The van der Waals surface area contributed by atoms with Crippen LogP contribution in [-0.4, -0.2) is 39.6 Å². The van der Waals surface area contributed by atoms with Gasteiger partial charge in [0.2, 0.25) is 5.91 Å². The van der Waals surface area contributed by atoms with Crippen molar-refractivity contribution in [2.24, 2.45) is 0 Å². The number of carbonyl (C=O) groups excluding carboxylic acids is 1. The highest BCUT2D eigenvalue weighted by molar-refractivity contribution is 7.99. The first-order chi connectivity index (χ1) is 12.7. The van der Waals surface area contributed by atoms with Gasteiger partial charge < -0.3 is 9.88 Å². The van der Waals surface area contributed by atoms with E-state index in [1.165, 1.54) is 35.9 Å². The summed E-state index contributed by atoms with van der Waals surface area (Å²) in [7, 11) is 0. The van der Waals surface area contributed by atoms with Crippen molar-refractivity contribution in [2.45, 2.75) is 30.8 Å². The highest BCUT2D eigenvalue weighted by Crippen LogP contribution is 2.34. The molecule has 0 aromatic carbocycles. The zero-order valence-electron chi connectivity index (χ0n) is 14.2. The van der Waals surface area contributed by atoms with Gasteiger partial charge >= 0.3 is 0 Å². The smallest absolute Gasteiger partial charge is 0.260 e. The fourth-order valence-electron chi connectivity index (χ4n) is 3.15. The summed E-state index contributed by atoms with van der Waals surface area (Å²) in [6.07, 6.45) is 4.57. The normalized spacial score (nSPS) is 15.3. The minimum Gasteiger partial charge on any atom is -0.342 e. The number of likely N-dealkylation sites (tertiary alicyclic amines) is 1. The standard InChI is InChI=1S/C18H19N3O2S3/c22-14(21-7-3-1-2-4-8-21)11-26-18-19-16(23)15-12(10-25-17(15)20-18)13-6-5-9-24-13/h5-6,9-10H,1-4,7-8,11H2,(H,19,20,23). The lowest BCUT2D eigenvalue weighted by Gasteiger charge is -2.19. The number of hydrogen-bond acceptors (Lipinski definition) is 6. The molecule has 26 heavy (non-hydrogen) atoms. The third-order valence-electron chi connectivity index (χ3n) is 4.50. The van der Waals surface area contributed by atoms with Gasteiger partial charge in [0, 0.05) is 28.9 Å². The van der Waals surface area contributed by atoms with Gasteiger partial charge in [-0.2, -0.15) is 0 Å². The van der Waals surface area contributed by atoms with Crippen molar-refractivity contribution in [3.8, 4) is 10.4 Å². The molecule has 3 aromatic rings. The topological polar surface area (TPSA) is 66.1 Å². The van der Waals surface area contributed by atoms with E-state index >= 15 is 0 Å². The number of rotatable bonds is 4. The second-order valence-corrected chi connectivity index (χ2v) is 9.03. The van der Waals surface area contributed by atoms with Crippen LogP contribution in [0.5, 0.6) is 0 Å². The minimum atomic E-state index is -0.135. The second kappa shape index (κ2) is 7.94. The minimum absolute atomic E-state index is 0.130. The van der Waals surface area contributed by atoms with E-state index < -0.39 is 0 Å². The van der Waals surface area contributed by atoms with Crippen LogP contribution >= 0.6 is 34.4 Å². The average Bonchev–Trinajstić information content (AvgIpc) is 3.23. The number of H-pyrrole nitrogens is 1. The number of nitrogens with zero attached hydrogens (tertiary/aromatic N) is 2. The van der Waals surface area contributed by atoms with E-state index in [1.807, 2.05) is 27.8 Å². The van der Waals surface area contributed by atoms with Crippen LogP contribution in [0.15, 0.2) is 32.8 Å². The molecule has 0 spiro atoms. The highest BCUT2D eigenvalue weighted by atomic mass is 32.2. The number of carbonyl (C=O) groups is 1. The third-order valence-corrected chi connectivity index (χ3v) is 7.13. The third kappa shape index (κ3) is 3.72. The molecule has 5 nitrogen and oxygen atoms in total. The second-order valence-electron chi connectivity index (χ2n) is 6.26. The van der Waals surface area contributed by atoms with Gasteiger partial charge in [-0.3, -0.25) is 9.59 Å². The van der Waals surface area contributed by atoms with Crippen molar-refractivity contribution < 1.29 is 4.79 Å². The molecule has 1 fully saturated rings. The van der Waals surface area contributed by atoms with Crippen molar-refractivity contribution in [2.75, 3.05) is 18.8 Å². The molecule has 1 amide bonds. The van der Waals surface area contributed by atoms with Crippen LogP contribution < -0.4 is 5.56 Å². The number of aromatic amines is 1. The SMILES string of the molecule is O=C(CSc1nc2scc(-c3cccs3)c2c(=O)[nH]1)N1CCCCCC1. The van der Waals surface area contributed by atoms with Crippen molar-refractivity contribution in [3.05, 3.63) is 33.2 Å². The summed E-state index contributed by atoms with van der Waals surface area (Å²) < 4.78 is 0. The van der Waals surface area contributed by atoms with Gasteiger partial charge in [0.1, 0.15) is 4.83 Å². The average molecular weight is 406 g/mol. The molecule has 1 saturated heterocycles. The van der Waals surface area contributed by atoms with Crippen LogP contribution in [0.2, 0.25) is 0 Å². The van der Waals surface area contributed by atoms with Gasteiger partial charge in [0.15, 0.2) is 5.16 Å². The van der Waals surface area contributed by atoms with Gasteiger partial charge in [0.25, 0.3) is 5.56 Å². The predicted octanol–water partition coefficient (Wildman–Crippen LogP) is 4.21. The molecular weight excluding hydrogens is 386 g/mol. The molecule has 0 saturated carbocycles. The Morgan fingerprint density at radius 3 is 2.77 bits per heavy atom. The summed E-state index contributed by atoms with van der Waals surface area (Å²) in [5.74, 6) is 0.447. The summed E-state index contributed by atoms with van der Waals surface area (Å²) >= 11 is 4.40. The Hall–Kier alpha value is -1.64. The molecule has 0 unspecified atom stereocenters. The number of amides is 1. The van der Waals surface area contributed by atoms with Crippen LogP contribution in [-0.2, 0) is 4.79 Å². The van der Waals surface area contributed by atoms with Gasteiger partial charge in [-0.1, -0.05) is 30.7 Å². The molecule has 136 valence electrons. The Morgan fingerprint density at radius 2 is 2.04 bits per heavy atom. The maximum Gasteiger partial charge on any atom is 0.260 e. The first-order valence-corrected chi connectivity index (χ1v) is 11.4. The van der Waals surface area contributed by atoms with E-state index in [1.54, 1.807) is 11.3 Å². The molecule has 1 N–H and O–H groups in total. The number of fused-ring (bicyclic) bond motifs is 1. The Kier molecular flexibility index (Phi) is 5.42. The fourth-order valence-corrected chi connectivity index (χ4v) is 5.74. The number of thioether (sulfide) groups is 1. The number of aromatic nitrogens is 2. The Morgan fingerprint density at radius 1 is 1.23 bits per heavy atom. The molecule has 0 atom stereocenters. The predicted molar refractivity (Wildman–Crippen MR) is 109 cm³/mol. The van der Waals surface area contributed by atoms with Crippen LogP contribution in [0.4, 0.5) is 0 Å². The van der Waals surface area contributed by atoms with Gasteiger partial charge in [-0.15, -0.1) is 22.7 Å². The monoisotopic (exact) mass is 405 g/mol. The lowest BCUT2D eigenvalue weighted by atomic mass is 10.2. The van der Waals surface area contributed by atoms with E-state index in [0.717, 1.165) is 41.2 Å². The van der Waals surface area contributed by atoms with Crippen molar-refractivity contribution >= 4 is 50.6 Å². The van der Waals surface area contributed by atoms with E-state index in [4.69, 9.17) is 0 Å². The highest BCUT2D eigenvalue weighted by Gasteiger charge is 2.17. The molecule has 4 rings (SSSR count). The van der Waals surface area contributed by atoms with Crippen molar-refractivity contribution in [1.29, 1.82) is 0 Å². The van der Waals surface area contributed by atoms with Crippen LogP contribution in [0, 0.1) is 0 Å². The first kappa shape index (κ1) is 17.8. The van der Waals surface area contributed by atoms with Crippen LogP contribution in [0.25, 0.3) is 20.7 Å². The molecule has 0 bridgehead atoms. The van der Waals surface area contributed by atoms with E-state index in [0.29, 0.717) is 16.3 Å². The summed E-state index contributed by atoms with van der Waals surface area (Å²) in [6, 6.07) is 3.98. The Bertz CT molecular complexity index is 954. The molecule has 8 heteroatoms. The molecular formula is C18H19N3O2S3. The molecule has 3 aromatic heterocycles. The summed E-state index contributed by atoms with van der Waals surface area (Å²) in [4.78, 5) is 36.1. The van der Waals surface area contributed by atoms with E-state index in [9.17, 15) is 9.59 Å². The van der Waals surface area contributed by atoms with Gasteiger partial charge in [0.05, 0.1) is 11.1 Å². The van der Waals surface area contributed by atoms with Gasteiger partial charge in [-0.25, -0.2) is 4.98 Å². The maximum absolute atomic E-state index is 12.6. The lowest BCUT2D eigenvalue weighted by Crippen LogP contribution is -2.33. The summed E-state index contributed by atoms with van der Waals surface area (Å²) in [5.41, 5.74) is 0.801. The number of thiophene rings is 2. The van der Waals surface area contributed by atoms with Crippen LogP contribution in [0.1, 0.15) is 25.7 Å². The van der Waals surface area contributed by atoms with Gasteiger partial charge in [-0.05, 0) is 24.3 Å². The summed E-state index contributed by atoms with van der Waals surface area (Å²) in [6.45, 7) is 1.69. The fraction of sp³-hybridized carbons (Fsp3) is 0.389. The first-order valence-electron chi connectivity index (χ1n) is 8.68. The molecule has 4 heterocycles. The quantitative estimate of drug-likeness (QED) is 0.522. The lowest BCUT2D eigenvalue weighted by molar-refractivity contribution is -0.128. The molecule has 0 radical (unpaired) electrons.